The van der Waals surface area contributed by atoms with Crippen LogP contribution < -0.4 is 5.73 Å². The van der Waals surface area contributed by atoms with E-state index in [1.807, 2.05) is 6.92 Å². The Labute approximate surface area is 118 Å². The van der Waals surface area contributed by atoms with Crippen LogP contribution in [0.15, 0.2) is 0 Å². The summed E-state index contributed by atoms with van der Waals surface area (Å²) in [4.78, 5) is 2.57. The predicted molar refractivity (Wildman–Crippen MR) is 79.9 cm³/mol. The van der Waals surface area contributed by atoms with Crippen LogP contribution in [-0.4, -0.2) is 41.8 Å². The highest BCUT2D eigenvalue weighted by Gasteiger charge is 2.34. The van der Waals surface area contributed by atoms with E-state index in [1.54, 1.807) is 0 Å². The van der Waals surface area contributed by atoms with Gasteiger partial charge in [-0.05, 0) is 69.4 Å². The number of nitrogens with two attached hydrogens (primary N) is 1. The maximum absolute atomic E-state index is 9.66. The van der Waals surface area contributed by atoms with Gasteiger partial charge in [0.25, 0.3) is 0 Å². The molecule has 1 saturated carbocycles. The van der Waals surface area contributed by atoms with E-state index < -0.39 is 0 Å². The first kappa shape index (κ1) is 15.3. The number of likely N-dealkylation sites (tertiary alicyclic amines) is 1. The zero-order valence-electron chi connectivity index (χ0n) is 12.9. The van der Waals surface area contributed by atoms with Gasteiger partial charge in [0.05, 0.1) is 6.10 Å². The van der Waals surface area contributed by atoms with E-state index in [9.17, 15) is 5.11 Å². The summed E-state index contributed by atoms with van der Waals surface area (Å²) in [6.45, 7) is 10.1. The Bertz CT molecular complexity index is 282. The number of aliphatic hydroxyl groups excluding tert-OH is 1. The highest BCUT2D eigenvalue weighted by molar-refractivity contribution is 4.89. The van der Waals surface area contributed by atoms with Crippen LogP contribution in [0.5, 0.6) is 0 Å². The topological polar surface area (TPSA) is 49.5 Å². The molecule has 0 bridgehead atoms. The molecule has 0 aromatic carbocycles. The van der Waals surface area contributed by atoms with Crippen molar-refractivity contribution >= 4 is 0 Å². The summed E-state index contributed by atoms with van der Waals surface area (Å²) in [5, 5.41) is 9.66. The summed E-state index contributed by atoms with van der Waals surface area (Å²) in [5.41, 5.74) is 6.80. The summed E-state index contributed by atoms with van der Waals surface area (Å²) in [6.07, 6.45) is 5.87. The second kappa shape index (κ2) is 6.11. The number of hydrogen-bond donors (Lipinski definition) is 2. The van der Waals surface area contributed by atoms with Crippen LogP contribution in [0.3, 0.4) is 0 Å². The Hall–Kier alpha value is -0.120. The molecule has 1 heterocycles. The Morgan fingerprint density at radius 1 is 1.26 bits per heavy atom. The lowest BCUT2D eigenvalue weighted by molar-refractivity contribution is 0.0527. The van der Waals surface area contributed by atoms with Gasteiger partial charge >= 0.3 is 0 Å². The quantitative estimate of drug-likeness (QED) is 0.825. The van der Waals surface area contributed by atoms with Gasteiger partial charge in [-0.15, -0.1) is 0 Å². The van der Waals surface area contributed by atoms with Crippen LogP contribution in [0.1, 0.15) is 52.9 Å². The summed E-state index contributed by atoms with van der Waals surface area (Å²) in [7, 11) is 0. The molecule has 3 nitrogen and oxygen atoms in total. The third kappa shape index (κ3) is 4.17. The maximum atomic E-state index is 9.66. The fraction of sp³-hybridized carbons (Fsp3) is 1.00. The zero-order chi connectivity index (χ0) is 14.0. The molecular formula is C16H32N2O. The standard InChI is InChI=1S/C16H32N2O/c1-12(19)13-5-8-18(9-6-13)11-14-10-16(2,3)7-4-15(14)17/h12-15,19H,4-11,17H2,1-3H3. The molecule has 1 saturated heterocycles. The van der Waals surface area contributed by atoms with Crippen LogP contribution in [0.25, 0.3) is 0 Å². The van der Waals surface area contributed by atoms with Crippen LogP contribution >= 0.6 is 0 Å². The van der Waals surface area contributed by atoms with E-state index in [4.69, 9.17) is 5.73 Å². The number of piperidine rings is 1. The third-order valence-corrected chi connectivity index (χ3v) is 5.38. The summed E-state index contributed by atoms with van der Waals surface area (Å²) in [5.74, 6) is 1.17. The van der Waals surface area contributed by atoms with Crippen molar-refractivity contribution in [2.75, 3.05) is 19.6 Å². The van der Waals surface area contributed by atoms with Crippen molar-refractivity contribution in [2.45, 2.75) is 65.0 Å². The van der Waals surface area contributed by atoms with Crippen molar-refractivity contribution < 1.29 is 5.11 Å². The van der Waals surface area contributed by atoms with Gasteiger partial charge in [0.2, 0.25) is 0 Å². The van der Waals surface area contributed by atoms with Crippen molar-refractivity contribution in [1.29, 1.82) is 0 Å². The van der Waals surface area contributed by atoms with Gasteiger partial charge in [0, 0.05) is 12.6 Å². The Morgan fingerprint density at radius 2 is 1.89 bits per heavy atom. The molecule has 0 aromatic rings. The van der Waals surface area contributed by atoms with Gasteiger partial charge < -0.3 is 15.7 Å². The molecule has 2 aliphatic rings. The lowest BCUT2D eigenvalue weighted by atomic mass is 9.70. The van der Waals surface area contributed by atoms with Crippen LogP contribution in [-0.2, 0) is 0 Å². The average molecular weight is 268 g/mol. The highest BCUT2D eigenvalue weighted by Crippen LogP contribution is 2.38. The molecule has 3 heteroatoms. The Kier molecular flexibility index (Phi) is 4.91. The van der Waals surface area contributed by atoms with E-state index in [2.05, 4.69) is 18.7 Å². The van der Waals surface area contributed by atoms with Crippen molar-refractivity contribution in [2.24, 2.45) is 23.0 Å². The van der Waals surface area contributed by atoms with Crippen molar-refractivity contribution in [3.05, 3.63) is 0 Å². The molecule has 0 radical (unpaired) electrons. The second-order valence-electron chi connectivity index (χ2n) is 7.71. The minimum absolute atomic E-state index is 0.141. The predicted octanol–water partition coefficient (Wildman–Crippen LogP) is 2.23. The zero-order valence-corrected chi connectivity index (χ0v) is 12.9. The molecule has 2 fully saturated rings. The SMILES string of the molecule is CC(O)C1CCN(CC2CC(C)(C)CCC2N)CC1. The molecule has 1 aliphatic carbocycles. The largest absolute Gasteiger partial charge is 0.393 e. The molecule has 19 heavy (non-hydrogen) atoms. The van der Waals surface area contributed by atoms with E-state index in [1.165, 1.54) is 19.3 Å². The number of nitrogens with zero attached hydrogens (tertiary/aromatic N) is 1. The van der Waals surface area contributed by atoms with Gasteiger partial charge in [0.15, 0.2) is 0 Å². The number of hydrogen-bond acceptors (Lipinski definition) is 3. The van der Waals surface area contributed by atoms with E-state index in [-0.39, 0.29) is 6.10 Å². The average Bonchev–Trinajstić information content (AvgIpc) is 2.34. The number of aliphatic hydroxyl groups is 1. The lowest BCUT2D eigenvalue weighted by Crippen LogP contribution is -2.47. The second-order valence-corrected chi connectivity index (χ2v) is 7.71. The monoisotopic (exact) mass is 268 g/mol. The van der Waals surface area contributed by atoms with Crippen molar-refractivity contribution in [3.8, 4) is 0 Å². The highest BCUT2D eigenvalue weighted by atomic mass is 16.3. The molecule has 1 aliphatic heterocycles. The molecule has 112 valence electrons. The molecule has 2 rings (SSSR count). The Morgan fingerprint density at radius 3 is 2.47 bits per heavy atom. The van der Waals surface area contributed by atoms with Gasteiger partial charge in [-0.3, -0.25) is 0 Å². The molecular weight excluding hydrogens is 236 g/mol. The van der Waals surface area contributed by atoms with Gasteiger partial charge in [0.1, 0.15) is 0 Å². The fourth-order valence-electron chi connectivity index (χ4n) is 3.91. The van der Waals surface area contributed by atoms with E-state index in [0.29, 0.717) is 23.3 Å². The summed E-state index contributed by atoms with van der Waals surface area (Å²) < 4.78 is 0. The first-order valence-corrected chi connectivity index (χ1v) is 8.03. The minimum atomic E-state index is -0.141. The van der Waals surface area contributed by atoms with Gasteiger partial charge in [-0.1, -0.05) is 13.8 Å². The molecule has 0 spiro atoms. The van der Waals surface area contributed by atoms with Crippen molar-refractivity contribution in [1.82, 2.24) is 4.90 Å². The smallest absolute Gasteiger partial charge is 0.0541 e. The van der Waals surface area contributed by atoms with Crippen LogP contribution in [0.2, 0.25) is 0 Å². The number of rotatable bonds is 3. The molecule has 3 N–H and O–H groups in total. The van der Waals surface area contributed by atoms with E-state index in [0.717, 1.165) is 32.5 Å². The first-order chi connectivity index (χ1) is 8.87. The fourth-order valence-corrected chi connectivity index (χ4v) is 3.91. The minimum Gasteiger partial charge on any atom is -0.393 e. The van der Waals surface area contributed by atoms with Crippen LogP contribution in [0, 0.1) is 17.3 Å². The maximum Gasteiger partial charge on any atom is 0.0541 e. The third-order valence-electron chi connectivity index (χ3n) is 5.38. The summed E-state index contributed by atoms with van der Waals surface area (Å²) in [6, 6.07) is 0.391. The first-order valence-electron chi connectivity index (χ1n) is 8.03. The van der Waals surface area contributed by atoms with Crippen molar-refractivity contribution in [3.63, 3.8) is 0 Å². The Balaban J connectivity index is 1.81. The summed E-state index contributed by atoms with van der Waals surface area (Å²) >= 11 is 0. The molecule has 0 aromatic heterocycles. The molecule has 3 atom stereocenters. The van der Waals surface area contributed by atoms with Gasteiger partial charge in [-0.2, -0.15) is 0 Å². The molecule has 3 unspecified atom stereocenters. The lowest BCUT2D eigenvalue weighted by Gasteiger charge is -2.43. The molecule has 0 amide bonds. The van der Waals surface area contributed by atoms with Crippen LogP contribution in [0.4, 0.5) is 0 Å². The van der Waals surface area contributed by atoms with Gasteiger partial charge in [-0.25, -0.2) is 0 Å². The normalized spacial score (nSPS) is 35.2. The van der Waals surface area contributed by atoms with E-state index >= 15 is 0 Å².